The van der Waals surface area contributed by atoms with Crippen LogP contribution in [0.4, 0.5) is 0 Å². The van der Waals surface area contributed by atoms with Gasteiger partial charge in [0, 0.05) is 32.2 Å². The van der Waals surface area contributed by atoms with E-state index in [-0.39, 0.29) is 11.5 Å². The first-order valence-electron chi connectivity index (χ1n) is 8.37. The third-order valence-corrected chi connectivity index (χ3v) is 4.40. The van der Waals surface area contributed by atoms with E-state index in [2.05, 4.69) is 15.2 Å². The summed E-state index contributed by atoms with van der Waals surface area (Å²) in [5.41, 5.74) is -0.0892. The summed E-state index contributed by atoms with van der Waals surface area (Å²) < 4.78 is 6.31. The van der Waals surface area contributed by atoms with Gasteiger partial charge in [0.2, 0.25) is 0 Å². The summed E-state index contributed by atoms with van der Waals surface area (Å²) in [5.74, 6) is -0.217. The van der Waals surface area contributed by atoms with Gasteiger partial charge in [-0.1, -0.05) is 0 Å². The molecule has 1 amide bonds. The van der Waals surface area contributed by atoms with Gasteiger partial charge in [-0.05, 0) is 31.2 Å². The number of hydrogen-bond donors (Lipinski definition) is 2. The fourth-order valence-corrected chi connectivity index (χ4v) is 2.88. The number of aromatic nitrogens is 2. The van der Waals surface area contributed by atoms with E-state index in [9.17, 15) is 14.4 Å². The highest BCUT2D eigenvalue weighted by Gasteiger charge is 2.11. The summed E-state index contributed by atoms with van der Waals surface area (Å²) in [4.78, 5) is 40.9. The van der Waals surface area contributed by atoms with Crippen LogP contribution in [0.5, 0.6) is 0 Å². The van der Waals surface area contributed by atoms with Crippen molar-refractivity contribution in [1.29, 1.82) is 0 Å². The zero-order valence-corrected chi connectivity index (χ0v) is 14.2. The van der Waals surface area contributed by atoms with Gasteiger partial charge in [-0.15, -0.1) is 0 Å². The Labute approximate surface area is 144 Å². The van der Waals surface area contributed by atoms with E-state index >= 15 is 0 Å². The molecule has 1 aliphatic heterocycles. The molecule has 2 N–H and O–H groups in total. The fraction of sp³-hybridized carbons (Fsp3) is 0.471. The molecule has 0 aliphatic carbocycles. The number of amides is 1. The molecule has 2 heterocycles. The van der Waals surface area contributed by atoms with Gasteiger partial charge in [0.25, 0.3) is 11.5 Å². The van der Waals surface area contributed by atoms with Crippen LogP contribution in [0.1, 0.15) is 16.8 Å². The molecule has 3 rings (SSSR count). The average molecular weight is 346 g/mol. The van der Waals surface area contributed by atoms with E-state index in [1.807, 2.05) is 0 Å². The second-order valence-electron chi connectivity index (χ2n) is 6.12. The SMILES string of the molecule is Cn1c(=O)[nH]c2cc(C(=O)NCCCN3CCOCC3)ccc2c1=O. The third kappa shape index (κ3) is 3.97. The molecule has 8 nitrogen and oxygen atoms in total. The molecule has 0 radical (unpaired) electrons. The van der Waals surface area contributed by atoms with Crippen molar-refractivity contribution in [2.45, 2.75) is 6.42 Å². The Kier molecular flexibility index (Phi) is 5.30. The molecule has 1 fully saturated rings. The number of carbonyl (C=O) groups excluding carboxylic acids is 1. The first kappa shape index (κ1) is 17.4. The molecular weight excluding hydrogens is 324 g/mol. The molecule has 8 heteroatoms. The van der Waals surface area contributed by atoms with Crippen LogP contribution in [-0.2, 0) is 11.8 Å². The van der Waals surface area contributed by atoms with Crippen molar-refractivity contribution in [3.8, 4) is 0 Å². The van der Waals surface area contributed by atoms with Crippen molar-refractivity contribution in [3.63, 3.8) is 0 Å². The largest absolute Gasteiger partial charge is 0.379 e. The minimum atomic E-state index is -0.499. The molecule has 0 saturated carbocycles. The highest BCUT2D eigenvalue weighted by molar-refractivity contribution is 5.97. The number of morpholine rings is 1. The lowest BCUT2D eigenvalue weighted by molar-refractivity contribution is 0.0374. The predicted molar refractivity (Wildman–Crippen MR) is 94.0 cm³/mol. The van der Waals surface area contributed by atoms with Crippen molar-refractivity contribution in [1.82, 2.24) is 19.8 Å². The van der Waals surface area contributed by atoms with E-state index in [1.54, 1.807) is 12.1 Å². The van der Waals surface area contributed by atoms with Crippen molar-refractivity contribution in [2.75, 3.05) is 39.4 Å². The smallest absolute Gasteiger partial charge is 0.328 e. The molecule has 1 aromatic heterocycles. The lowest BCUT2D eigenvalue weighted by Gasteiger charge is -2.26. The van der Waals surface area contributed by atoms with E-state index in [0.29, 0.717) is 23.0 Å². The molecular formula is C17H22N4O4. The molecule has 25 heavy (non-hydrogen) atoms. The molecule has 0 unspecified atom stereocenters. The number of aromatic amines is 1. The number of nitrogens with one attached hydrogen (secondary N) is 2. The number of carbonyl (C=O) groups is 1. The molecule has 134 valence electrons. The van der Waals surface area contributed by atoms with Crippen LogP contribution in [0, 0.1) is 0 Å². The summed E-state index contributed by atoms with van der Waals surface area (Å²) in [6, 6.07) is 4.70. The number of hydrogen-bond acceptors (Lipinski definition) is 5. The Morgan fingerprint density at radius 2 is 2.04 bits per heavy atom. The van der Waals surface area contributed by atoms with Crippen LogP contribution in [0.25, 0.3) is 10.9 Å². The lowest BCUT2D eigenvalue weighted by atomic mass is 10.1. The number of nitrogens with zero attached hydrogens (tertiary/aromatic N) is 2. The van der Waals surface area contributed by atoms with E-state index in [4.69, 9.17) is 4.74 Å². The maximum Gasteiger partial charge on any atom is 0.328 e. The maximum atomic E-state index is 12.3. The van der Waals surface area contributed by atoms with Crippen LogP contribution < -0.4 is 16.6 Å². The first-order valence-corrected chi connectivity index (χ1v) is 8.37. The fourth-order valence-electron chi connectivity index (χ4n) is 2.88. The third-order valence-electron chi connectivity index (χ3n) is 4.40. The summed E-state index contributed by atoms with van der Waals surface area (Å²) in [7, 11) is 1.41. The van der Waals surface area contributed by atoms with Crippen LogP contribution in [-0.4, -0.2) is 59.8 Å². The van der Waals surface area contributed by atoms with Crippen molar-refractivity contribution < 1.29 is 9.53 Å². The van der Waals surface area contributed by atoms with Crippen LogP contribution in [0.15, 0.2) is 27.8 Å². The van der Waals surface area contributed by atoms with E-state index < -0.39 is 5.69 Å². The Bertz CT molecular complexity index is 880. The number of ether oxygens (including phenoxy) is 1. The van der Waals surface area contributed by atoms with Crippen molar-refractivity contribution >= 4 is 16.8 Å². The van der Waals surface area contributed by atoms with E-state index in [0.717, 1.165) is 43.8 Å². The topological polar surface area (TPSA) is 96.4 Å². The van der Waals surface area contributed by atoms with Gasteiger partial charge in [0.1, 0.15) is 0 Å². The minimum absolute atomic E-state index is 0.217. The number of fused-ring (bicyclic) bond motifs is 1. The Morgan fingerprint density at radius 3 is 2.80 bits per heavy atom. The van der Waals surface area contributed by atoms with Gasteiger partial charge in [-0.25, -0.2) is 4.79 Å². The van der Waals surface area contributed by atoms with Crippen molar-refractivity contribution in [3.05, 3.63) is 44.6 Å². The molecule has 1 saturated heterocycles. The summed E-state index contributed by atoms with van der Waals surface area (Å²) in [6.45, 7) is 4.89. The molecule has 2 aromatic rings. The second-order valence-corrected chi connectivity index (χ2v) is 6.12. The van der Waals surface area contributed by atoms with E-state index in [1.165, 1.54) is 13.1 Å². The highest BCUT2D eigenvalue weighted by atomic mass is 16.5. The molecule has 0 spiro atoms. The standard InChI is InChI=1S/C17H22N4O4/c1-20-16(23)13-4-3-12(11-14(13)19-17(20)24)15(22)18-5-2-6-21-7-9-25-10-8-21/h3-4,11H,2,5-10H2,1H3,(H,18,22)(H,19,24). The van der Waals surface area contributed by atoms with Gasteiger partial charge in [-0.3, -0.25) is 19.1 Å². The molecule has 0 atom stereocenters. The van der Waals surface area contributed by atoms with Crippen LogP contribution in [0.3, 0.4) is 0 Å². The molecule has 1 aliphatic rings. The molecule has 0 bridgehead atoms. The highest BCUT2D eigenvalue weighted by Crippen LogP contribution is 2.09. The quantitative estimate of drug-likeness (QED) is 0.724. The zero-order valence-electron chi connectivity index (χ0n) is 14.2. The van der Waals surface area contributed by atoms with Gasteiger partial charge >= 0.3 is 5.69 Å². The molecule has 1 aromatic carbocycles. The van der Waals surface area contributed by atoms with Gasteiger partial charge in [0.05, 0.1) is 24.1 Å². The first-order chi connectivity index (χ1) is 12.1. The second kappa shape index (κ2) is 7.62. The van der Waals surface area contributed by atoms with Gasteiger partial charge < -0.3 is 15.0 Å². The van der Waals surface area contributed by atoms with Crippen LogP contribution in [0.2, 0.25) is 0 Å². The lowest BCUT2D eigenvalue weighted by Crippen LogP contribution is -2.38. The predicted octanol–water partition coefficient (Wildman–Crippen LogP) is -0.321. The Hall–Kier alpha value is -2.45. The maximum absolute atomic E-state index is 12.3. The number of H-pyrrole nitrogens is 1. The summed E-state index contributed by atoms with van der Waals surface area (Å²) >= 11 is 0. The monoisotopic (exact) mass is 346 g/mol. The van der Waals surface area contributed by atoms with Crippen molar-refractivity contribution in [2.24, 2.45) is 7.05 Å². The van der Waals surface area contributed by atoms with Gasteiger partial charge in [0.15, 0.2) is 0 Å². The Morgan fingerprint density at radius 1 is 1.28 bits per heavy atom. The Balaban J connectivity index is 1.61. The van der Waals surface area contributed by atoms with Gasteiger partial charge in [-0.2, -0.15) is 0 Å². The zero-order chi connectivity index (χ0) is 17.8. The number of rotatable bonds is 5. The van der Waals surface area contributed by atoms with Crippen LogP contribution >= 0.6 is 0 Å². The number of benzene rings is 1. The summed E-state index contributed by atoms with van der Waals surface area (Å²) in [5, 5.41) is 3.25. The normalized spacial score (nSPS) is 15.4. The average Bonchev–Trinajstić information content (AvgIpc) is 2.63. The minimum Gasteiger partial charge on any atom is -0.379 e. The summed E-state index contributed by atoms with van der Waals surface area (Å²) in [6.07, 6.45) is 0.858.